The summed E-state index contributed by atoms with van der Waals surface area (Å²) in [6.45, 7) is -2.66. The monoisotopic (exact) mass is 567 g/mol. The van der Waals surface area contributed by atoms with Crippen LogP contribution in [-0.2, 0) is 22.4 Å². The highest BCUT2D eigenvalue weighted by molar-refractivity contribution is 6.35. The van der Waals surface area contributed by atoms with Crippen molar-refractivity contribution >= 4 is 35.5 Å². The second kappa shape index (κ2) is 13.5. The highest BCUT2D eigenvalue weighted by Crippen LogP contribution is 2.37. The Hall–Kier alpha value is -3.27. The number of carbonyl (C=O) groups excluding carboxylic acids is 2. The zero-order valence-electron chi connectivity index (χ0n) is 20.0. The predicted molar refractivity (Wildman–Crippen MR) is 134 cm³/mol. The van der Waals surface area contributed by atoms with Gasteiger partial charge < -0.3 is 19.7 Å². The summed E-state index contributed by atoms with van der Waals surface area (Å²) in [6.07, 6.45) is 4.98. The molecule has 11 heteroatoms. The van der Waals surface area contributed by atoms with Crippen molar-refractivity contribution in [3.05, 3.63) is 87.2 Å². The molecule has 1 saturated carbocycles. The average molecular weight is 568 g/mol. The predicted octanol–water partition coefficient (Wildman–Crippen LogP) is 5.90. The van der Waals surface area contributed by atoms with E-state index < -0.39 is 18.7 Å². The Balaban J connectivity index is 0.00000400. The van der Waals surface area contributed by atoms with Gasteiger partial charge in [-0.1, -0.05) is 47.5 Å². The highest BCUT2D eigenvalue weighted by Gasteiger charge is 2.26. The molecule has 0 bridgehead atoms. The van der Waals surface area contributed by atoms with Crippen LogP contribution >= 0.6 is 23.2 Å². The van der Waals surface area contributed by atoms with Gasteiger partial charge in [0.1, 0.15) is 22.4 Å². The fourth-order valence-electron chi connectivity index (χ4n) is 3.75. The van der Waals surface area contributed by atoms with Gasteiger partial charge in [0.2, 0.25) is 0 Å². The highest BCUT2D eigenvalue weighted by atomic mass is 35.5. The first-order valence-electron chi connectivity index (χ1n) is 11.6. The van der Waals surface area contributed by atoms with Gasteiger partial charge in [-0.25, -0.2) is 4.98 Å². The average Bonchev–Trinajstić information content (AvgIpc) is 3.69. The SMILES string of the molecule is O=Cc1cccc(CC(=O)O[C@@H](Cc2c(Cl)c[nH+]cc2Cl)c2ccc(OC(F)F)c(OCC3CC3)c2)c1.[OH-]. The fraction of sp³-hybridized carbons (Fsp3) is 0.296. The number of pyridine rings is 1. The van der Waals surface area contributed by atoms with Crippen LogP contribution in [0.5, 0.6) is 11.5 Å². The molecule has 1 atom stereocenters. The molecule has 0 saturated heterocycles. The first kappa shape index (κ1) is 29.3. The maximum atomic E-state index is 13.0. The lowest BCUT2D eigenvalue weighted by Crippen LogP contribution is -2.17. The lowest BCUT2D eigenvalue weighted by atomic mass is 10.0. The Morgan fingerprint density at radius 1 is 1.08 bits per heavy atom. The van der Waals surface area contributed by atoms with Crippen molar-refractivity contribution < 1.29 is 43.0 Å². The van der Waals surface area contributed by atoms with Gasteiger partial charge in [0, 0.05) is 17.5 Å². The zero-order chi connectivity index (χ0) is 26.4. The van der Waals surface area contributed by atoms with E-state index in [9.17, 15) is 18.4 Å². The number of aromatic nitrogens is 1. The van der Waals surface area contributed by atoms with Crippen molar-refractivity contribution in [3.8, 4) is 11.5 Å². The molecule has 4 rings (SSSR count). The van der Waals surface area contributed by atoms with Crippen LogP contribution in [0.25, 0.3) is 0 Å². The van der Waals surface area contributed by atoms with Gasteiger partial charge in [0.25, 0.3) is 0 Å². The second-order valence-electron chi connectivity index (χ2n) is 8.69. The number of esters is 1. The van der Waals surface area contributed by atoms with Crippen molar-refractivity contribution in [2.24, 2.45) is 5.92 Å². The molecule has 3 aromatic rings. The second-order valence-corrected chi connectivity index (χ2v) is 9.51. The van der Waals surface area contributed by atoms with Gasteiger partial charge in [0.05, 0.1) is 13.0 Å². The van der Waals surface area contributed by atoms with Crippen LogP contribution < -0.4 is 14.5 Å². The number of aromatic amines is 1. The van der Waals surface area contributed by atoms with Gasteiger partial charge in [-0.3, -0.25) is 9.59 Å². The molecule has 2 N–H and O–H groups in total. The zero-order valence-corrected chi connectivity index (χ0v) is 21.6. The van der Waals surface area contributed by atoms with E-state index >= 15 is 0 Å². The van der Waals surface area contributed by atoms with E-state index in [1.807, 2.05) is 0 Å². The van der Waals surface area contributed by atoms with Gasteiger partial charge in [0.15, 0.2) is 23.9 Å². The molecule has 1 fully saturated rings. The minimum atomic E-state index is -3.02. The molecule has 0 radical (unpaired) electrons. The number of carbonyl (C=O) groups is 2. The number of aldehydes is 1. The van der Waals surface area contributed by atoms with Crippen LogP contribution in [-0.4, -0.2) is 31.0 Å². The third-order valence-electron chi connectivity index (χ3n) is 5.82. The molecule has 1 aromatic heterocycles. The molecular formula is C27H25Cl2F2NO6. The van der Waals surface area contributed by atoms with Crippen LogP contribution in [0, 0.1) is 5.92 Å². The third kappa shape index (κ3) is 8.11. The quantitative estimate of drug-likeness (QED) is 0.199. The van der Waals surface area contributed by atoms with Gasteiger partial charge in [-0.15, -0.1) is 0 Å². The molecule has 0 amide bonds. The van der Waals surface area contributed by atoms with Gasteiger partial charge in [-0.05, 0) is 48.1 Å². The lowest BCUT2D eigenvalue weighted by molar-refractivity contribution is -0.377. The minimum absolute atomic E-state index is 0. The summed E-state index contributed by atoms with van der Waals surface area (Å²) in [6, 6.07) is 11.0. The number of nitrogens with one attached hydrogen (secondary N) is 1. The first-order valence-corrected chi connectivity index (χ1v) is 12.4. The summed E-state index contributed by atoms with van der Waals surface area (Å²) in [7, 11) is 0. The van der Waals surface area contributed by atoms with Crippen LogP contribution in [0.15, 0.2) is 54.9 Å². The normalized spacial score (nSPS) is 13.4. The van der Waals surface area contributed by atoms with Crippen LogP contribution in [0.2, 0.25) is 10.0 Å². The molecule has 2 aromatic carbocycles. The van der Waals surface area contributed by atoms with Crippen LogP contribution in [0.1, 0.15) is 46.0 Å². The first-order chi connectivity index (χ1) is 17.8. The number of ether oxygens (including phenoxy) is 3. The summed E-state index contributed by atoms with van der Waals surface area (Å²) in [5.41, 5.74) is 2.07. The van der Waals surface area contributed by atoms with Crippen molar-refractivity contribution in [3.63, 3.8) is 0 Å². The topological polar surface area (TPSA) is 106 Å². The number of rotatable bonds is 12. The lowest BCUT2D eigenvalue weighted by Gasteiger charge is -2.21. The van der Waals surface area contributed by atoms with Crippen molar-refractivity contribution in [2.75, 3.05) is 6.61 Å². The number of hydrogen-bond donors (Lipinski definition) is 0. The molecule has 38 heavy (non-hydrogen) atoms. The molecular weight excluding hydrogens is 543 g/mol. The van der Waals surface area contributed by atoms with E-state index in [4.69, 9.17) is 32.7 Å². The van der Waals surface area contributed by atoms with Crippen LogP contribution in [0.3, 0.4) is 0 Å². The third-order valence-corrected chi connectivity index (χ3v) is 6.50. The number of benzene rings is 2. The number of H-pyrrole nitrogens is 1. The Morgan fingerprint density at radius 2 is 1.82 bits per heavy atom. The van der Waals surface area contributed by atoms with E-state index in [2.05, 4.69) is 9.72 Å². The van der Waals surface area contributed by atoms with Crippen molar-refractivity contribution in [2.45, 2.75) is 38.4 Å². The summed E-state index contributed by atoms with van der Waals surface area (Å²) in [4.78, 5) is 26.9. The van der Waals surface area contributed by atoms with E-state index in [1.165, 1.54) is 18.2 Å². The van der Waals surface area contributed by atoms with Crippen LogP contribution in [0.4, 0.5) is 8.78 Å². The molecule has 1 aliphatic rings. The Morgan fingerprint density at radius 3 is 2.47 bits per heavy atom. The Bertz CT molecular complexity index is 1250. The summed E-state index contributed by atoms with van der Waals surface area (Å²) < 4.78 is 42.2. The molecule has 0 spiro atoms. The van der Waals surface area contributed by atoms with E-state index in [0.29, 0.717) is 51.1 Å². The summed E-state index contributed by atoms with van der Waals surface area (Å²) >= 11 is 12.7. The molecule has 0 unspecified atom stereocenters. The number of hydrogen-bond acceptors (Lipinski definition) is 6. The standard InChI is InChI=1S/C27H23Cl2F2NO5.H2O/c28-21-12-32-13-22(29)20(21)11-24(36-26(34)9-17-2-1-3-18(8-17)14-33)19-6-7-23(37-27(30)31)25(10-19)35-15-16-4-5-16;/h1-3,6-8,10,12-14,16,24,27H,4-5,9,11,15H2;1H2/t24-;/m0./s1. The fourth-order valence-corrected chi connectivity index (χ4v) is 4.28. The van der Waals surface area contributed by atoms with Crippen molar-refractivity contribution in [1.82, 2.24) is 0 Å². The number of halogens is 4. The maximum Gasteiger partial charge on any atom is 0.387 e. The minimum Gasteiger partial charge on any atom is -0.870 e. The number of alkyl halides is 2. The van der Waals surface area contributed by atoms with Gasteiger partial charge in [-0.2, -0.15) is 8.78 Å². The summed E-state index contributed by atoms with van der Waals surface area (Å²) in [5, 5.41) is 0.685. The van der Waals surface area contributed by atoms with Gasteiger partial charge >= 0.3 is 12.6 Å². The van der Waals surface area contributed by atoms with E-state index in [0.717, 1.165) is 12.8 Å². The summed E-state index contributed by atoms with van der Waals surface area (Å²) in [5.74, 6) is -0.170. The Labute approximate surface area is 227 Å². The Kier molecular flexibility index (Phi) is 10.4. The maximum absolute atomic E-state index is 13.0. The largest absolute Gasteiger partial charge is 0.870 e. The smallest absolute Gasteiger partial charge is 0.387 e. The van der Waals surface area contributed by atoms with E-state index in [1.54, 1.807) is 36.7 Å². The van der Waals surface area contributed by atoms with Crippen molar-refractivity contribution in [1.29, 1.82) is 0 Å². The molecule has 1 aliphatic carbocycles. The van der Waals surface area contributed by atoms with E-state index in [-0.39, 0.29) is 29.8 Å². The molecule has 202 valence electrons. The molecule has 0 aliphatic heterocycles. The molecule has 7 nitrogen and oxygen atoms in total. The molecule has 1 heterocycles.